The Hall–Kier alpha value is -1.81. The number of nitrogens with one attached hydrogen (secondary N) is 2. The van der Waals surface area contributed by atoms with E-state index in [1.54, 1.807) is 24.5 Å². The number of H-pyrrole nitrogens is 1. The number of rotatable bonds is 4. The zero-order valence-electron chi connectivity index (χ0n) is 10.9. The second-order valence-electron chi connectivity index (χ2n) is 4.39. The lowest BCUT2D eigenvalue weighted by Gasteiger charge is -2.15. The van der Waals surface area contributed by atoms with Crippen LogP contribution in [0.5, 0.6) is 0 Å². The van der Waals surface area contributed by atoms with Crippen molar-refractivity contribution in [3.8, 4) is 0 Å². The summed E-state index contributed by atoms with van der Waals surface area (Å²) in [5.41, 5.74) is 1.51. The number of aromatic nitrogens is 2. The van der Waals surface area contributed by atoms with Crippen molar-refractivity contribution in [1.29, 1.82) is 0 Å². The van der Waals surface area contributed by atoms with Gasteiger partial charge in [0.15, 0.2) is 0 Å². The summed E-state index contributed by atoms with van der Waals surface area (Å²) in [6.45, 7) is 3.93. The highest BCUT2D eigenvalue weighted by atomic mass is 35.5. The van der Waals surface area contributed by atoms with Crippen LogP contribution in [0, 0.1) is 6.92 Å². The molecule has 0 spiro atoms. The molecule has 0 aliphatic carbocycles. The fourth-order valence-corrected chi connectivity index (χ4v) is 2.19. The van der Waals surface area contributed by atoms with E-state index in [-0.39, 0.29) is 11.9 Å². The Morgan fingerprint density at radius 3 is 2.89 bits per heavy atom. The minimum atomic E-state index is -0.187. The van der Waals surface area contributed by atoms with Gasteiger partial charge in [-0.1, -0.05) is 24.6 Å². The largest absolute Gasteiger partial charge is 0.347 e. The summed E-state index contributed by atoms with van der Waals surface area (Å²) in [5, 5.41) is 3.39. The zero-order chi connectivity index (χ0) is 13.8. The number of hydrogen-bond acceptors (Lipinski definition) is 2. The Morgan fingerprint density at radius 1 is 1.53 bits per heavy atom. The van der Waals surface area contributed by atoms with E-state index in [9.17, 15) is 4.79 Å². The molecular formula is C14H16ClN3O. The quantitative estimate of drug-likeness (QED) is 0.901. The minimum Gasteiger partial charge on any atom is -0.347 e. The summed E-state index contributed by atoms with van der Waals surface area (Å²) < 4.78 is 0. The third-order valence-corrected chi connectivity index (χ3v) is 3.24. The Bertz CT molecular complexity index is 566. The van der Waals surface area contributed by atoms with Crippen molar-refractivity contribution in [3.05, 3.63) is 52.6 Å². The molecule has 0 saturated heterocycles. The topological polar surface area (TPSA) is 57.8 Å². The van der Waals surface area contributed by atoms with Gasteiger partial charge < -0.3 is 10.3 Å². The molecule has 1 aromatic carbocycles. The van der Waals surface area contributed by atoms with E-state index in [0.717, 1.165) is 17.8 Å². The highest BCUT2D eigenvalue weighted by Crippen LogP contribution is 2.19. The molecule has 4 nitrogen and oxygen atoms in total. The van der Waals surface area contributed by atoms with Crippen molar-refractivity contribution < 1.29 is 4.79 Å². The number of aryl methyl sites for hydroxylation is 1. The number of hydrogen-bond donors (Lipinski definition) is 2. The summed E-state index contributed by atoms with van der Waals surface area (Å²) in [4.78, 5) is 19.4. The molecule has 1 unspecified atom stereocenters. The van der Waals surface area contributed by atoms with Crippen LogP contribution in [0.2, 0.25) is 5.02 Å². The van der Waals surface area contributed by atoms with E-state index in [0.29, 0.717) is 10.6 Å². The van der Waals surface area contributed by atoms with E-state index >= 15 is 0 Å². The van der Waals surface area contributed by atoms with Gasteiger partial charge >= 0.3 is 0 Å². The van der Waals surface area contributed by atoms with Gasteiger partial charge in [-0.05, 0) is 31.0 Å². The maximum atomic E-state index is 12.2. The fraction of sp³-hybridized carbons (Fsp3) is 0.286. The lowest BCUT2D eigenvalue weighted by atomic mass is 10.1. The molecule has 0 aliphatic heterocycles. The van der Waals surface area contributed by atoms with Gasteiger partial charge in [0.25, 0.3) is 5.91 Å². The zero-order valence-corrected chi connectivity index (χ0v) is 11.7. The maximum absolute atomic E-state index is 12.2. The van der Waals surface area contributed by atoms with Crippen molar-refractivity contribution >= 4 is 17.5 Å². The molecule has 1 atom stereocenters. The van der Waals surface area contributed by atoms with Gasteiger partial charge in [-0.25, -0.2) is 4.98 Å². The monoisotopic (exact) mass is 277 g/mol. The normalized spacial score (nSPS) is 12.2. The summed E-state index contributed by atoms with van der Waals surface area (Å²) in [6, 6.07) is 5.25. The molecule has 1 heterocycles. The van der Waals surface area contributed by atoms with Gasteiger partial charge in [0, 0.05) is 12.4 Å². The maximum Gasteiger partial charge on any atom is 0.253 e. The van der Waals surface area contributed by atoms with Crippen LogP contribution < -0.4 is 5.32 Å². The molecule has 1 amide bonds. The van der Waals surface area contributed by atoms with E-state index in [4.69, 9.17) is 11.6 Å². The van der Waals surface area contributed by atoms with Crippen LogP contribution in [0.4, 0.5) is 0 Å². The molecule has 19 heavy (non-hydrogen) atoms. The number of halogens is 1. The number of imidazole rings is 1. The highest BCUT2D eigenvalue weighted by molar-refractivity contribution is 6.33. The molecular weight excluding hydrogens is 262 g/mol. The number of carbonyl (C=O) groups is 1. The second-order valence-corrected chi connectivity index (χ2v) is 4.80. The molecule has 0 radical (unpaired) electrons. The molecule has 2 N–H and O–H groups in total. The molecule has 5 heteroatoms. The third-order valence-electron chi connectivity index (χ3n) is 2.93. The average molecular weight is 278 g/mol. The Kier molecular flexibility index (Phi) is 4.22. The number of carbonyl (C=O) groups excluding carboxylic acids is 1. The van der Waals surface area contributed by atoms with Crippen molar-refractivity contribution in [3.63, 3.8) is 0 Å². The lowest BCUT2D eigenvalue weighted by molar-refractivity contribution is 0.0934. The summed E-state index contributed by atoms with van der Waals surface area (Å²) in [7, 11) is 0. The van der Waals surface area contributed by atoms with Crippen molar-refractivity contribution in [2.45, 2.75) is 26.3 Å². The van der Waals surface area contributed by atoms with Crippen LogP contribution in [-0.4, -0.2) is 15.9 Å². The van der Waals surface area contributed by atoms with Gasteiger partial charge in [0.2, 0.25) is 0 Å². The first-order valence-electron chi connectivity index (χ1n) is 6.18. The molecule has 2 aromatic rings. The van der Waals surface area contributed by atoms with E-state index in [2.05, 4.69) is 15.3 Å². The van der Waals surface area contributed by atoms with E-state index in [1.165, 1.54) is 0 Å². The van der Waals surface area contributed by atoms with Crippen LogP contribution in [0.3, 0.4) is 0 Å². The first-order valence-corrected chi connectivity index (χ1v) is 6.56. The molecule has 0 aliphatic rings. The van der Waals surface area contributed by atoms with Gasteiger partial charge in [0.1, 0.15) is 5.82 Å². The standard InChI is InChI=1S/C14H16ClN3O/c1-3-12(13-16-6-7-17-13)18-14(19)10-5-4-9(2)8-11(10)15/h4-8,12H,3H2,1-2H3,(H,16,17)(H,18,19). The number of amides is 1. The van der Waals surface area contributed by atoms with Crippen LogP contribution in [0.25, 0.3) is 0 Å². The average Bonchev–Trinajstić information content (AvgIpc) is 2.89. The molecule has 1 aromatic heterocycles. The van der Waals surface area contributed by atoms with Crippen molar-refractivity contribution in [1.82, 2.24) is 15.3 Å². The summed E-state index contributed by atoms with van der Waals surface area (Å²) in [5.74, 6) is 0.562. The lowest BCUT2D eigenvalue weighted by Crippen LogP contribution is -2.29. The van der Waals surface area contributed by atoms with Gasteiger partial charge in [-0.3, -0.25) is 4.79 Å². The predicted molar refractivity (Wildman–Crippen MR) is 75.3 cm³/mol. The Balaban J connectivity index is 2.16. The molecule has 0 bridgehead atoms. The van der Waals surface area contributed by atoms with Crippen LogP contribution in [0.15, 0.2) is 30.6 Å². The molecule has 0 fully saturated rings. The van der Waals surface area contributed by atoms with Crippen molar-refractivity contribution in [2.24, 2.45) is 0 Å². The molecule has 0 saturated carbocycles. The third kappa shape index (κ3) is 3.15. The van der Waals surface area contributed by atoms with Gasteiger partial charge in [0.05, 0.1) is 16.6 Å². The SMILES string of the molecule is CCC(NC(=O)c1ccc(C)cc1Cl)c1ncc[nH]1. The smallest absolute Gasteiger partial charge is 0.253 e. The van der Waals surface area contributed by atoms with Crippen LogP contribution in [0.1, 0.15) is 41.1 Å². The first kappa shape index (κ1) is 13.6. The second kappa shape index (κ2) is 5.89. The Morgan fingerprint density at radius 2 is 2.32 bits per heavy atom. The Labute approximate surface area is 117 Å². The van der Waals surface area contributed by atoms with Crippen molar-refractivity contribution in [2.75, 3.05) is 0 Å². The van der Waals surface area contributed by atoms with Gasteiger partial charge in [-0.2, -0.15) is 0 Å². The van der Waals surface area contributed by atoms with Crippen LogP contribution in [-0.2, 0) is 0 Å². The highest BCUT2D eigenvalue weighted by Gasteiger charge is 2.17. The molecule has 100 valence electrons. The number of aromatic amines is 1. The number of nitrogens with zero attached hydrogens (tertiary/aromatic N) is 1. The fourth-order valence-electron chi connectivity index (χ4n) is 1.87. The van der Waals surface area contributed by atoms with E-state index < -0.39 is 0 Å². The predicted octanol–water partition coefficient (Wildman–Crippen LogP) is 3.25. The minimum absolute atomic E-state index is 0.139. The summed E-state index contributed by atoms with van der Waals surface area (Å²) >= 11 is 6.09. The summed E-state index contributed by atoms with van der Waals surface area (Å²) in [6.07, 6.45) is 4.16. The number of benzene rings is 1. The van der Waals surface area contributed by atoms with E-state index in [1.807, 2.05) is 19.9 Å². The first-order chi connectivity index (χ1) is 9.11. The van der Waals surface area contributed by atoms with Crippen LogP contribution >= 0.6 is 11.6 Å². The van der Waals surface area contributed by atoms with Gasteiger partial charge in [-0.15, -0.1) is 0 Å². The molecule has 2 rings (SSSR count).